The molecular weight excluding hydrogens is 327 g/mol. The number of sulfonamides is 1. The molecule has 2 N–H and O–H groups in total. The van der Waals surface area contributed by atoms with Gasteiger partial charge in [0, 0.05) is 7.11 Å². The van der Waals surface area contributed by atoms with Gasteiger partial charge in [0.15, 0.2) is 0 Å². The van der Waals surface area contributed by atoms with Crippen LogP contribution in [0.25, 0.3) is 0 Å². The predicted octanol–water partition coefficient (Wildman–Crippen LogP) is 0.735. The number of carbonyl (C=O) groups excluding carboxylic acids is 1. The van der Waals surface area contributed by atoms with Crippen LogP contribution in [0, 0.1) is 5.82 Å². The topological polar surface area (TPSA) is 93.7 Å². The second-order valence-corrected chi connectivity index (χ2v) is 6.61. The monoisotopic (exact) mass is 348 g/mol. The number of methoxy groups -OCH3 is 1. The Hall–Kier alpha value is -1.55. The number of hydrogen-bond acceptors (Lipinski definition) is 5. The van der Waals surface area contributed by atoms with Crippen molar-refractivity contribution in [3.63, 3.8) is 0 Å². The molecule has 0 radical (unpaired) electrons. The lowest BCUT2D eigenvalue weighted by atomic mass is 10.2. The SMILES string of the molecule is COCCOCCS(=O)(=O)NC(C)C(=O)Nc1ccccc1F. The third kappa shape index (κ3) is 7.51. The van der Waals surface area contributed by atoms with E-state index in [-0.39, 0.29) is 24.7 Å². The average Bonchev–Trinajstić information content (AvgIpc) is 2.48. The molecule has 0 saturated carbocycles. The van der Waals surface area contributed by atoms with Gasteiger partial charge in [-0.25, -0.2) is 17.5 Å². The standard InChI is InChI=1S/C14H21FN2O5S/c1-11(14(18)16-13-6-4-3-5-12(13)15)17-23(19,20)10-9-22-8-7-21-2/h3-6,11,17H,7-10H2,1-2H3,(H,16,18). The van der Waals surface area contributed by atoms with E-state index in [4.69, 9.17) is 9.47 Å². The van der Waals surface area contributed by atoms with Gasteiger partial charge in [0.25, 0.3) is 0 Å². The first-order chi connectivity index (χ1) is 10.9. The molecule has 0 heterocycles. The summed E-state index contributed by atoms with van der Waals surface area (Å²) < 4.78 is 49.1. The summed E-state index contributed by atoms with van der Waals surface area (Å²) in [5, 5.41) is 2.33. The van der Waals surface area contributed by atoms with Crippen LogP contribution in [-0.2, 0) is 24.3 Å². The maximum Gasteiger partial charge on any atom is 0.242 e. The van der Waals surface area contributed by atoms with Gasteiger partial charge in [0.1, 0.15) is 5.82 Å². The predicted molar refractivity (Wildman–Crippen MR) is 84.1 cm³/mol. The zero-order valence-electron chi connectivity index (χ0n) is 13.0. The first kappa shape index (κ1) is 19.5. The molecule has 1 atom stereocenters. The van der Waals surface area contributed by atoms with Crippen LogP contribution in [0.2, 0.25) is 0 Å². The van der Waals surface area contributed by atoms with Crippen molar-refractivity contribution in [2.45, 2.75) is 13.0 Å². The quantitative estimate of drug-likeness (QED) is 0.608. The number of carbonyl (C=O) groups is 1. The summed E-state index contributed by atoms with van der Waals surface area (Å²) in [5.41, 5.74) is -0.00792. The Kier molecular flexibility index (Phi) is 8.10. The molecule has 9 heteroatoms. The summed E-state index contributed by atoms with van der Waals surface area (Å²) in [6.45, 7) is 2.02. The molecule has 0 spiro atoms. The van der Waals surface area contributed by atoms with E-state index >= 15 is 0 Å². The van der Waals surface area contributed by atoms with Crippen molar-refractivity contribution in [1.82, 2.24) is 4.72 Å². The smallest absolute Gasteiger partial charge is 0.242 e. The molecule has 0 bridgehead atoms. The first-order valence-electron chi connectivity index (χ1n) is 6.98. The largest absolute Gasteiger partial charge is 0.382 e. The Morgan fingerprint density at radius 2 is 1.96 bits per heavy atom. The van der Waals surface area contributed by atoms with Gasteiger partial charge in [-0.3, -0.25) is 4.79 Å². The van der Waals surface area contributed by atoms with Crippen LogP contribution in [0.4, 0.5) is 10.1 Å². The van der Waals surface area contributed by atoms with Crippen LogP contribution in [-0.4, -0.2) is 53.1 Å². The molecule has 0 aliphatic rings. The highest BCUT2D eigenvalue weighted by Gasteiger charge is 2.20. The van der Waals surface area contributed by atoms with E-state index in [1.165, 1.54) is 32.2 Å². The molecule has 1 unspecified atom stereocenters. The number of nitrogens with one attached hydrogen (secondary N) is 2. The van der Waals surface area contributed by atoms with Gasteiger partial charge >= 0.3 is 0 Å². The molecule has 1 aromatic carbocycles. The highest BCUT2D eigenvalue weighted by molar-refractivity contribution is 7.89. The minimum absolute atomic E-state index is 0.00792. The maximum absolute atomic E-state index is 13.4. The fourth-order valence-electron chi connectivity index (χ4n) is 1.60. The zero-order chi connectivity index (χ0) is 17.3. The molecule has 0 aliphatic carbocycles. The normalized spacial score (nSPS) is 12.8. The lowest BCUT2D eigenvalue weighted by Crippen LogP contribution is -2.43. The Labute approximate surface area is 135 Å². The Balaban J connectivity index is 2.45. The average molecular weight is 348 g/mol. The molecule has 1 aromatic rings. The highest BCUT2D eigenvalue weighted by atomic mass is 32.2. The molecule has 130 valence electrons. The van der Waals surface area contributed by atoms with Crippen molar-refractivity contribution in [1.29, 1.82) is 0 Å². The van der Waals surface area contributed by atoms with E-state index in [1.807, 2.05) is 0 Å². The fraction of sp³-hybridized carbons (Fsp3) is 0.500. The first-order valence-corrected chi connectivity index (χ1v) is 8.63. The number of para-hydroxylation sites is 1. The summed E-state index contributed by atoms with van der Waals surface area (Å²) in [4.78, 5) is 11.9. The van der Waals surface area contributed by atoms with E-state index in [2.05, 4.69) is 10.0 Å². The second kappa shape index (κ2) is 9.56. The van der Waals surface area contributed by atoms with Crippen LogP contribution < -0.4 is 10.0 Å². The fourth-order valence-corrected chi connectivity index (χ4v) is 2.70. The minimum Gasteiger partial charge on any atom is -0.382 e. The van der Waals surface area contributed by atoms with Crippen LogP contribution in [0.5, 0.6) is 0 Å². The van der Waals surface area contributed by atoms with Gasteiger partial charge in [-0.1, -0.05) is 12.1 Å². The van der Waals surface area contributed by atoms with Crippen molar-refractivity contribution in [3.8, 4) is 0 Å². The van der Waals surface area contributed by atoms with Crippen molar-refractivity contribution in [2.75, 3.05) is 38.0 Å². The number of benzene rings is 1. The molecule has 1 rings (SSSR count). The molecule has 0 fully saturated rings. The Bertz CT molecular complexity index is 609. The van der Waals surface area contributed by atoms with Crippen molar-refractivity contribution >= 4 is 21.6 Å². The summed E-state index contributed by atoms with van der Waals surface area (Å²) in [6, 6.07) is 4.59. The molecule has 0 aliphatic heterocycles. The van der Waals surface area contributed by atoms with Gasteiger partial charge in [-0.05, 0) is 19.1 Å². The Morgan fingerprint density at radius 1 is 1.26 bits per heavy atom. The lowest BCUT2D eigenvalue weighted by molar-refractivity contribution is -0.117. The van der Waals surface area contributed by atoms with Gasteiger partial charge in [0.2, 0.25) is 15.9 Å². The highest BCUT2D eigenvalue weighted by Crippen LogP contribution is 2.12. The van der Waals surface area contributed by atoms with Gasteiger partial charge in [-0.15, -0.1) is 0 Å². The van der Waals surface area contributed by atoms with Crippen molar-refractivity contribution in [2.24, 2.45) is 0 Å². The van der Waals surface area contributed by atoms with Crippen LogP contribution in [0.15, 0.2) is 24.3 Å². The van der Waals surface area contributed by atoms with E-state index in [1.54, 1.807) is 6.07 Å². The number of halogens is 1. The summed E-state index contributed by atoms with van der Waals surface area (Å²) >= 11 is 0. The second-order valence-electron chi connectivity index (χ2n) is 4.73. The zero-order valence-corrected chi connectivity index (χ0v) is 13.9. The van der Waals surface area contributed by atoms with Gasteiger partial charge in [0.05, 0.1) is 37.3 Å². The summed E-state index contributed by atoms with van der Waals surface area (Å²) in [6.07, 6.45) is 0. The van der Waals surface area contributed by atoms with Crippen LogP contribution in [0.1, 0.15) is 6.92 Å². The van der Waals surface area contributed by atoms with Crippen molar-refractivity contribution < 1.29 is 27.1 Å². The molecule has 1 amide bonds. The van der Waals surface area contributed by atoms with E-state index in [0.29, 0.717) is 6.61 Å². The lowest BCUT2D eigenvalue weighted by Gasteiger charge is -2.14. The number of anilines is 1. The van der Waals surface area contributed by atoms with Crippen LogP contribution >= 0.6 is 0 Å². The number of rotatable bonds is 10. The summed E-state index contributed by atoms with van der Waals surface area (Å²) in [5.74, 6) is -1.53. The molecular formula is C14H21FN2O5S. The Morgan fingerprint density at radius 3 is 2.61 bits per heavy atom. The molecule has 23 heavy (non-hydrogen) atoms. The number of amides is 1. The van der Waals surface area contributed by atoms with Gasteiger partial charge < -0.3 is 14.8 Å². The van der Waals surface area contributed by atoms with Crippen molar-refractivity contribution in [3.05, 3.63) is 30.1 Å². The van der Waals surface area contributed by atoms with E-state index < -0.39 is 27.8 Å². The van der Waals surface area contributed by atoms with Crippen LogP contribution in [0.3, 0.4) is 0 Å². The maximum atomic E-state index is 13.4. The molecule has 0 aromatic heterocycles. The third-order valence-corrected chi connectivity index (χ3v) is 4.23. The van der Waals surface area contributed by atoms with Gasteiger partial charge in [-0.2, -0.15) is 0 Å². The van der Waals surface area contributed by atoms with E-state index in [0.717, 1.165) is 0 Å². The summed E-state index contributed by atoms with van der Waals surface area (Å²) in [7, 11) is -2.17. The number of ether oxygens (including phenoxy) is 2. The molecule has 0 saturated heterocycles. The van der Waals surface area contributed by atoms with E-state index in [9.17, 15) is 17.6 Å². The minimum atomic E-state index is -3.69. The third-order valence-electron chi connectivity index (χ3n) is 2.81. The molecule has 7 nitrogen and oxygen atoms in total. The number of hydrogen-bond donors (Lipinski definition) is 2.